The molecule has 214 valence electrons. The average Bonchev–Trinajstić information content (AvgIpc) is 3.61. The van der Waals surface area contributed by atoms with E-state index >= 15 is 0 Å². The maximum atomic E-state index is 12.8. The molecular weight excluding hydrogens is 522 g/mol. The number of aryl methyl sites for hydroxylation is 1. The van der Waals surface area contributed by atoms with Crippen LogP contribution in [0.1, 0.15) is 78.6 Å². The van der Waals surface area contributed by atoms with Gasteiger partial charge in [0.1, 0.15) is 28.5 Å². The fraction of sp³-hybridized carbons (Fsp3) is 0.519. The first-order chi connectivity index (χ1) is 18.5. The van der Waals surface area contributed by atoms with Gasteiger partial charge in [-0.25, -0.2) is 9.78 Å². The van der Waals surface area contributed by atoms with Crippen molar-refractivity contribution in [1.82, 2.24) is 24.5 Å². The van der Waals surface area contributed by atoms with E-state index in [0.29, 0.717) is 11.6 Å². The fourth-order valence-corrected chi connectivity index (χ4v) is 3.61. The predicted octanol–water partition coefficient (Wildman–Crippen LogP) is 5.62. The highest BCUT2D eigenvalue weighted by molar-refractivity contribution is 6.30. The van der Waals surface area contributed by atoms with Crippen LogP contribution in [0.25, 0.3) is 5.65 Å². The number of hydrogen-bond donors (Lipinski definition) is 2. The molecule has 1 fully saturated rings. The van der Waals surface area contributed by atoms with Crippen molar-refractivity contribution in [2.75, 3.05) is 17.3 Å². The largest absolute Gasteiger partial charge is 0.443 e. The summed E-state index contributed by atoms with van der Waals surface area (Å²) in [6.45, 7) is 15.6. The molecule has 3 heterocycles. The van der Waals surface area contributed by atoms with Crippen molar-refractivity contribution in [2.24, 2.45) is 0 Å². The second-order valence-electron chi connectivity index (χ2n) is 9.37. The summed E-state index contributed by atoms with van der Waals surface area (Å²) in [4.78, 5) is 44.3. The first kappa shape index (κ1) is 31.6. The van der Waals surface area contributed by atoms with Crippen molar-refractivity contribution in [3.05, 3.63) is 45.5 Å². The van der Waals surface area contributed by atoms with Gasteiger partial charge in [0.05, 0.1) is 11.2 Å². The normalized spacial score (nSPS) is 12.5. The highest BCUT2D eigenvalue weighted by Gasteiger charge is 2.28. The van der Waals surface area contributed by atoms with Crippen LogP contribution in [-0.2, 0) is 11.3 Å². The molecule has 3 aromatic heterocycles. The minimum atomic E-state index is -0.718. The molecule has 2 amide bonds. The summed E-state index contributed by atoms with van der Waals surface area (Å²) in [5, 5.41) is 10.6. The highest BCUT2D eigenvalue weighted by atomic mass is 35.5. The molecule has 3 aromatic rings. The summed E-state index contributed by atoms with van der Waals surface area (Å²) in [5.41, 5.74) is -0.344. The van der Waals surface area contributed by atoms with Gasteiger partial charge in [-0.15, -0.1) is 0 Å². The fourth-order valence-electron chi connectivity index (χ4n) is 3.39. The van der Waals surface area contributed by atoms with Gasteiger partial charge < -0.3 is 19.9 Å². The molecule has 0 unspecified atom stereocenters. The van der Waals surface area contributed by atoms with Crippen LogP contribution in [0.3, 0.4) is 0 Å². The van der Waals surface area contributed by atoms with Crippen molar-refractivity contribution in [2.45, 2.75) is 86.4 Å². The molecule has 1 saturated carbocycles. The van der Waals surface area contributed by atoms with Gasteiger partial charge in [0.2, 0.25) is 0 Å². The summed E-state index contributed by atoms with van der Waals surface area (Å²) in [7, 11) is 1.53. The van der Waals surface area contributed by atoms with Crippen molar-refractivity contribution in [3.63, 3.8) is 0 Å². The van der Waals surface area contributed by atoms with E-state index < -0.39 is 11.7 Å². The monoisotopic (exact) mass is 561 g/mol. The summed E-state index contributed by atoms with van der Waals surface area (Å²) in [5.74, 6) is 0.204. The molecule has 0 atom stereocenters. The second-order valence-corrected chi connectivity index (χ2v) is 9.80. The van der Waals surface area contributed by atoms with Crippen LogP contribution in [0.15, 0.2) is 29.3 Å². The van der Waals surface area contributed by atoms with Gasteiger partial charge in [-0.1, -0.05) is 39.3 Å². The van der Waals surface area contributed by atoms with Crippen LogP contribution >= 0.6 is 11.6 Å². The zero-order valence-electron chi connectivity index (χ0n) is 24.3. The topological polar surface area (TPSA) is 123 Å². The number of carbonyl (C=O) groups is 2. The third-order valence-electron chi connectivity index (χ3n) is 5.28. The highest BCUT2D eigenvalue weighted by Crippen LogP contribution is 2.26. The molecule has 0 bridgehead atoms. The van der Waals surface area contributed by atoms with Gasteiger partial charge in [-0.05, 0) is 46.6 Å². The van der Waals surface area contributed by atoms with E-state index in [1.165, 1.54) is 33.3 Å². The summed E-state index contributed by atoms with van der Waals surface area (Å²) in [6.07, 6.45) is 4.18. The maximum absolute atomic E-state index is 12.8. The van der Waals surface area contributed by atoms with Crippen molar-refractivity contribution < 1.29 is 14.3 Å². The molecule has 0 aliphatic heterocycles. The number of nitrogens with one attached hydrogen (secondary N) is 2. The van der Waals surface area contributed by atoms with E-state index in [0.717, 1.165) is 12.8 Å². The predicted molar refractivity (Wildman–Crippen MR) is 155 cm³/mol. The van der Waals surface area contributed by atoms with Crippen LogP contribution in [0.2, 0.25) is 5.02 Å². The zero-order chi connectivity index (χ0) is 29.5. The smallest absolute Gasteiger partial charge is 0.415 e. The molecule has 1 aliphatic carbocycles. The number of pyridine rings is 1. The van der Waals surface area contributed by atoms with Crippen molar-refractivity contribution >= 4 is 46.6 Å². The molecule has 2 N–H and O–H groups in total. The Labute approximate surface area is 234 Å². The van der Waals surface area contributed by atoms with Crippen LogP contribution < -0.4 is 21.1 Å². The molecule has 39 heavy (non-hydrogen) atoms. The number of aromatic nitrogens is 4. The van der Waals surface area contributed by atoms with Crippen molar-refractivity contribution in [1.29, 1.82) is 0 Å². The number of carbonyl (C=O) groups excluding carboxylic acids is 2. The number of rotatable bonds is 6. The van der Waals surface area contributed by atoms with Crippen LogP contribution in [0.4, 0.5) is 22.1 Å². The minimum Gasteiger partial charge on any atom is -0.443 e. The Balaban J connectivity index is 0.00000127. The molecule has 4 rings (SSSR count). The third kappa shape index (κ3) is 7.95. The quantitative estimate of drug-likeness (QED) is 0.400. The molecule has 12 heteroatoms. The number of fused-ring (bicyclic) bond motifs is 1. The Bertz CT molecular complexity index is 1360. The maximum Gasteiger partial charge on any atom is 0.415 e. The minimum absolute atomic E-state index is 0.140. The molecule has 0 radical (unpaired) electrons. The van der Waals surface area contributed by atoms with E-state index in [-0.39, 0.29) is 46.0 Å². The summed E-state index contributed by atoms with van der Waals surface area (Å²) in [6, 6.07) is 3.18. The van der Waals surface area contributed by atoms with Crippen molar-refractivity contribution in [3.8, 4) is 0 Å². The number of hydrogen-bond acceptors (Lipinski definition) is 7. The second kappa shape index (κ2) is 13.5. The van der Waals surface area contributed by atoms with Gasteiger partial charge in [-0.3, -0.25) is 14.5 Å². The van der Waals surface area contributed by atoms with Gasteiger partial charge in [0.25, 0.3) is 11.5 Å². The Morgan fingerprint density at radius 2 is 1.82 bits per heavy atom. The number of nitrogens with zero attached hydrogens (tertiary/aromatic N) is 5. The van der Waals surface area contributed by atoms with Gasteiger partial charge in [0.15, 0.2) is 5.65 Å². The van der Waals surface area contributed by atoms with Gasteiger partial charge >= 0.3 is 6.09 Å². The van der Waals surface area contributed by atoms with E-state index in [2.05, 4.69) is 20.7 Å². The van der Waals surface area contributed by atoms with E-state index in [1.54, 1.807) is 33.0 Å². The Kier molecular flexibility index (Phi) is 10.9. The third-order valence-corrected chi connectivity index (χ3v) is 5.48. The first-order valence-electron chi connectivity index (χ1n) is 13.3. The van der Waals surface area contributed by atoms with E-state index in [1.807, 2.05) is 34.6 Å². The van der Waals surface area contributed by atoms with Gasteiger partial charge in [0, 0.05) is 31.9 Å². The van der Waals surface area contributed by atoms with E-state index in [9.17, 15) is 14.4 Å². The lowest BCUT2D eigenvalue weighted by Gasteiger charge is -2.25. The number of amides is 2. The van der Waals surface area contributed by atoms with Crippen LogP contribution in [-0.4, -0.2) is 49.9 Å². The SMILES string of the molecule is CC.CC.CCn1cc(Cl)cc(Nc2cc(N(C)C(=O)OC(C)(C)C)n3ncc(C(=O)NC4CC4)c3n2)c1=O. The lowest BCUT2D eigenvalue weighted by Crippen LogP contribution is -2.35. The van der Waals surface area contributed by atoms with Gasteiger partial charge in [-0.2, -0.15) is 9.61 Å². The number of ether oxygens (including phenoxy) is 1. The summed E-state index contributed by atoms with van der Waals surface area (Å²) < 4.78 is 8.35. The molecule has 0 aromatic carbocycles. The molecule has 1 aliphatic rings. The summed E-state index contributed by atoms with van der Waals surface area (Å²) >= 11 is 6.19. The Morgan fingerprint density at radius 3 is 2.38 bits per heavy atom. The van der Waals surface area contributed by atoms with Crippen LogP contribution in [0, 0.1) is 0 Å². The van der Waals surface area contributed by atoms with Crippen LogP contribution in [0.5, 0.6) is 0 Å². The average molecular weight is 562 g/mol. The lowest BCUT2D eigenvalue weighted by molar-refractivity contribution is 0.0587. The first-order valence-corrected chi connectivity index (χ1v) is 13.7. The number of anilines is 3. The zero-order valence-corrected chi connectivity index (χ0v) is 25.0. The van der Waals surface area contributed by atoms with E-state index in [4.69, 9.17) is 16.3 Å². The molecule has 11 nitrogen and oxygen atoms in total. The number of halogens is 1. The molecule has 0 saturated heterocycles. The molecule has 0 spiro atoms. The lowest BCUT2D eigenvalue weighted by atomic mass is 10.2. The Hall–Kier alpha value is -3.60. The Morgan fingerprint density at radius 1 is 1.18 bits per heavy atom. The standard InChI is InChI=1S/C23H28ClN7O4.2C2H6/c1-6-30-12-13(24)9-16(21(30)33)27-17-10-18(29(5)22(34)35-23(2,3)4)31-19(28-17)15(11-25-31)20(32)26-14-7-8-14;2*1-2/h9-12,14H,6-8H2,1-5H3,(H,26,32)(H,27,28);2*1-2H3. The molecular formula is C27H40ClN7O4.